The summed E-state index contributed by atoms with van der Waals surface area (Å²) in [6.07, 6.45) is 4.82. The van der Waals surface area contributed by atoms with E-state index in [4.69, 9.17) is 10.5 Å². The predicted molar refractivity (Wildman–Crippen MR) is 70.7 cm³/mol. The van der Waals surface area contributed by atoms with Gasteiger partial charge in [-0.25, -0.2) is 0 Å². The van der Waals surface area contributed by atoms with E-state index in [9.17, 15) is 0 Å². The van der Waals surface area contributed by atoms with E-state index in [0.717, 1.165) is 25.9 Å². The summed E-state index contributed by atoms with van der Waals surface area (Å²) in [5.74, 6) is 0.820. The molecule has 0 unspecified atom stereocenters. The first-order valence-electron chi connectivity index (χ1n) is 6.66. The number of hydrogen-bond donors (Lipinski definition) is 1. The number of nitrogen functional groups attached to an aromatic ring is 1. The van der Waals surface area contributed by atoms with Crippen LogP contribution in [0.2, 0.25) is 0 Å². The van der Waals surface area contributed by atoms with Gasteiger partial charge in [-0.1, -0.05) is 0 Å². The summed E-state index contributed by atoms with van der Waals surface area (Å²) in [6, 6.07) is 0.358. The Bertz CT molecular complexity index is 388. The first-order chi connectivity index (χ1) is 8.72. The van der Waals surface area contributed by atoms with Crippen molar-refractivity contribution in [3.63, 3.8) is 0 Å². The van der Waals surface area contributed by atoms with Gasteiger partial charge in [0.2, 0.25) is 11.9 Å². The second-order valence-corrected chi connectivity index (χ2v) is 4.47. The van der Waals surface area contributed by atoms with Crippen LogP contribution in [-0.4, -0.2) is 34.1 Å². The average Bonchev–Trinajstić information content (AvgIpc) is 2.83. The summed E-state index contributed by atoms with van der Waals surface area (Å²) in [7, 11) is 0. The van der Waals surface area contributed by atoms with Gasteiger partial charge < -0.3 is 15.4 Å². The average molecular weight is 251 g/mol. The lowest BCUT2D eigenvalue weighted by Crippen LogP contribution is -2.25. The van der Waals surface area contributed by atoms with Gasteiger partial charge in [0.1, 0.15) is 6.10 Å². The Kier molecular flexibility index (Phi) is 4.17. The standard InChI is InChI=1S/C12H21N5O/c1-3-17(4-2)11-14-10(13)15-12(16-11)18-9-7-5-6-8-9/h9H,3-8H2,1-2H3,(H2,13,14,15,16). The summed E-state index contributed by atoms with van der Waals surface area (Å²) in [6.45, 7) is 5.79. The largest absolute Gasteiger partial charge is 0.460 e. The molecule has 1 aromatic heterocycles. The Hall–Kier alpha value is -1.59. The van der Waals surface area contributed by atoms with Gasteiger partial charge in [0.25, 0.3) is 0 Å². The van der Waals surface area contributed by atoms with Crippen LogP contribution in [0.25, 0.3) is 0 Å². The highest BCUT2D eigenvalue weighted by Gasteiger charge is 2.19. The van der Waals surface area contributed by atoms with E-state index in [-0.39, 0.29) is 12.1 Å². The number of ether oxygens (including phenoxy) is 1. The number of nitrogens with two attached hydrogens (primary N) is 1. The van der Waals surface area contributed by atoms with E-state index < -0.39 is 0 Å². The minimum atomic E-state index is 0.222. The van der Waals surface area contributed by atoms with E-state index in [0.29, 0.717) is 12.0 Å². The maximum absolute atomic E-state index is 5.77. The second kappa shape index (κ2) is 5.84. The maximum atomic E-state index is 5.77. The Morgan fingerprint density at radius 1 is 1.17 bits per heavy atom. The van der Waals surface area contributed by atoms with Gasteiger partial charge in [0.15, 0.2) is 0 Å². The number of rotatable bonds is 5. The van der Waals surface area contributed by atoms with Gasteiger partial charge in [-0.15, -0.1) is 0 Å². The van der Waals surface area contributed by atoms with E-state index in [2.05, 4.69) is 28.8 Å². The molecule has 6 heteroatoms. The molecular formula is C12H21N5O. The Morgan fingerprint density at radius 2 is 1.83 bits per heavy atom. The fourth-order valence-corrected chi connectivity index (χ4v) is 2.22. The van der Waals surface area contributed by atoms with Gasteiger partial charge in [-0.3, -0.25) is 0 Å². The third-order valence-electron chi connectivity index (χ3n) is 3.24. The van der Waals surface area contributed by atoms with Crippen LogP contribution in [0.4, 0.5) is 11.9 Å². The Labute approximate surface area is 108 Å². The van der Waals surface area contributed by atoms with E-state index >= 15 is 0 Å². The molecule has 0 radical (unpaired) electrons. The molecule has 1 aromatic rings. The second-order valence-electron chi connectivity index (χ2n) is 4.47. The molecule has 1 heterocycles. The van der Waals surface area contributed by atoms with Crippen LogP contribution in [0.3, 0.4) is 0 Å². The summed E-state index contributed by atoms with van der Waals surface area (Å²) in [5.41, 5.74) is 5.71. The fraction of sp³-hybridized carbons (Fsp3) is 0.750. The van der Waals surface area contributed by atoms with Crippen molar-refractivity contribution in [2.45, 2.75) is 45.6 Å². The molecule has 1 aliphatic rings. The summed E-state index contributed by atoms with van der Waals surface area (Å²) >= 11 is 0. The van der Waals surface area contributed by atoms with Gasteiger partial charge in [0.05, 0.1) is 0 Å². The van der Waals surface area contributed by atoms with Gasteiger partial charge in [-0.05, 0) is 39.5 Å². The van der Waals surface area contributed by atoms with Crippen molar-refractivity contribution >= 4 is 11.9 Å². The summed E-state index contributed by atoms with van der Waals surface area (Å²) < 4.78 is 5.77. The van der Waals surface area contributed by atoms with Crippen LogP contribution in [0, 0.1) is 0 Å². The van der Waals surface area contributed by atoms with E-state index in [1.54, 1.807) is 0 Å². The molecule has 0 spiro atoms. The third kappa shape index (κ3) is 3.00. The molecule has 0 amide bonds. The van der Waals surface area contributed by atoms with Crippen LogP contribution < -0.4 is 15.4 Å². The van der Waals surface area contributed by atoms with Crippen molar-refractivity contribution in [3.8, 4) is 6.01 Å². The fourth-order valence-electron chi connectivity index (χ4n) is 2.22. The zero-order valence-electron chi connectivity index (χ0n) is 11.1. The zero-order valence-corrected chi connectivity index (χ0v) is 11.1. The highest BCUT2D eigenvalue weighted by Crippen LogP contribution is 2.23. The molecule has 6 nitrogen and oxygen atoms in total. The number of nitrogens with zero attached hydrogens (tertiary/aromatic N) is 4. The molecule has 1 aliphatic carbocycles. The summed E-state index contributed by atoms with van der Waals surface area (Å²) in [5, 5.41) is 0. The molecule has 0 atom stereocenters. The van der Waals surface area contributed by atoms with E-state index in [1.807, 2.05) is 4.90 Å². The molecule has 18 heavy (non-hydrogen) atoms. The van der Waals surface area contributed by atoms with Crippen LogP contribution in [0.1, 0.15) is 39.5 Å². The molecule has 0 saturated heterocycles. The zero-order chi connectivity index (χ0) is 13.0. The molecule has 2 N–H and O–H groups in total. The van der Waals surface area contributed by atoms with Crippen LogP contribution in [-0.2, 0) is 0 Å². The molecule has 0 aromatic carbocycles. The Balaban J connectivity index is 2.14. The van der Waals surface area contributed by atoms with Crippen molar-refractivity contribution in [3.05, 3.63) is 0 Å². The van der Waals surface area contributed by atoms with Crippen LogP contribution in [0.15, 0.2) is 0 Å². The first kappa shape index (κ1) is 12.9. The van der Waals surface area contributed by atoms with Gasteiger partial charge >= 0.3 is 6.01 Å². The minimum absolute atomic E-state index is 0.222. The van der Waals surface area contributed by atoms with Crippen LogP contribution >= 0.6 is 0 Å². The topological polar surface area (TPSA) is 77.2 Å². The van der Waals surface area contributed by atoms with Crippen LogP contribution in [0.5, 0.6) is 6.01 Å². The normalized spacial score (nSPS) is 15.9. The maximum Gasteiger partial charge on any atom is 0.323 e. The number of aromatic nitrogens is 3. The lowest BCUT2D eigenvalue weighted by atomic mass is 10.3. The van der Waals surface area contributed by atoms with E-state index in [1.165, 1.54) is 12.8 Å². The molecule has 2 rings (SSSR count). The molecule has 1 fully saturated rings. The molecular weight excluding hydrogens is 230 g/mol. The van der Waals surface area contributed by atoms with Gasteiger partial charge in [0, 0.05) is 13.1 Å². The van der Waals surface area contributed by atoms with Crippen molar-refractivity contribution in [2.75, 3.05) is 23.7 Å². The lowest BCUT2D eigenvalue weighted by Gasteiger charge is -2.19. The van der Waals surface area contributed by atoms with Gasteiger partial charge in [-0.2, -0.15) is 15.0 Å². The highest BCUT2D eigenvalue weighted by atomic mass is 16.5. The van der Waals surface area contributed by atoms with Crippen molar-refractivity contribution in [1.29, 1.82) is 0 Å². The molecule has 1 saturated carbocycles. The minimum Gasteiger partial charge on any atom is -0.460 e. The number of anilines is 2. The Morgan fingerprint density at radius 3 is 2.44 bits per heavy atom. The SMILES string of the molecule is CCN(CC)c1nc(N)nc(OC2CCCC2)n1. The summed E-state index contributed by atoms with van der Waals surface area (Å²) in [4.78, 5) is 14.6. The van der Waals surface area contributed by atoms with Crippen molar-refractivity contribution in [1.82, 2.24) is 15.0 Å². The smallest absolute Gasteiger partial charge is 0.323 e. The predicted octanol–water partition coefficient (Wildman–Crippen LogP) is 1.62. The highest BCUT2D eigenvalue weighted by molar-refractivity contribution is 5.35. The number of hydrogen-bond acceptors (Lipinski definition) is 6. The quantitative estimate of drug-likeness (QED) is 0.857. The molecule has 0 aliphatic heterocycles. The lowest BCUT2D eigenvalue weighted by molar-refractivity contribution is 0.192. The first-order valence-corrected chi connectivity index (χ1v) is 6.66. The molecule has 0 bridgehead atoms. The molecule has 100 valence electrons. The third-order valence-corrected chi connectivity index (χ3v) is 3.24. The van der Waals surface area contributed by atoms with Crippen molar-refractivity contribution in [2.24, 2.45) is 0 Å². The monoisotopic (exact) mass is 251 g/mol. The van der Waals surface area contributed by atoms with Crippen molar-refractivity contribution < 1.29 is 4.74 Å².